The molecule has 2 aromatic rings. The number of benzene rings is 1. The van der Waals surface area contributed by atoms with Crippen molar-refractivity contribution in [1.29, 1.82) is 0 Å². The highest BCUT2D eigenvalue weighted by Crippen LogP contribution is 2.28. The van der Waals surface area contributed by atoms with Gasteiger partial charge in [0.15, 0.2) is 0 Å². The summed E-state index contributed by atoms with van der Waals surface area (Å²) >= 11 is 0. The van der Waals surface area contributed by atoms with Crippen molar-refractivity contribution in [2.75, 3.05) is 0 Å². The first-order valence-corrected chi connectivity index (χ1v) is 4.00. The molecule has 2 rings (SSSR count). The van der Waals surface area contributed by atoms with E-state index >= 15 is 0 Å². The minimum Gasteiger partial charge on any atom is -0.243 e. The molecule has 1 heterocycles. The molecule has 16 heavy (non-hydrogen) atoms. The van der Waals surface area contributed by atoms with E-state index in [9.17, 15) is 13.2 Å². The van der Waals surface area contributed by atoms with E-state index in [1.165, 1.54) is 6.07 Å². The zero-order valence-corrected chi connectivity index (χ0v) is 9.49. The number of halogens is 5. The predicted octanol–water partition coefficient (Wildman–Crippen LogP) is 4.10. The van der Waals surface area contributed by atoms with Crippen LogP contribution in [-0.4, -0.2) is 4.98 Å². The Bertz CT molecular complexity index is 471. The summed E-state index contributed by atoms with van der Waals surface area (Å²) in [6.45, 7) is 0. The van der Waals surface area contributed by atoms with Gasteiger partial charge in [0.05, 0.1) is 5.52 Å². The number of rotatable bonds is 0. The van der Waals surface area contributed by atoms with Gasteiger partial charge in [-0.1, -0.05) is 24.3 Å². The highest BCUT2D eigenvalue weighted by molar-refractivity contribution is 5.85. The second kappa shape index (κ2) is 5.37. The Morgan fingerprint density at radius 2 is 1.50 bits per heavy atom. The number of para-hydroxylation sites is 1. The van der Waals surface area contributed by atoms with Crippen molar-refractivity contribution in [3.63, 3.8) is 0 Å². The lowest BCUT2D eigenvalue weighted by atomic mass is 10.2. The molecular weight excluding hydrogens is 262 g/mol. The Balaban J connectivity index is 0.00000112. The van der Waals surface area contributed by atoms with Gasteiger partial charge in [-0.15, -0.1) is 24.8 Å². The zero-order chi connectivity index (χ0) is 10.2. The summed E-state index contributed by atoms with van der Waals surface area (Å²) in [5, 5.41) is 0.709. The molecule has 0 fully saturated rings. The largest absolute Gasteiger partial charge is 0.433 e. The van der Waals surface area contributed by atoms with E-state index in [4.69, 9.17) is 0 Å². The van der Waals surface area contributed by atoms with Gasteiger partial charge in [0.25, 0.3) is 0 Å². The maximum Gasteiger partial charge on any atom is 0.433 e. The molecule has 0 aliphatic rings. The van der Waals surface area contributed by atoms with Gasteiger partial charge in [-0.25, -0.2) is 4.98 Å². The zero-order valence-electron chi connectivity index (χ0n) is 7.86. The van der Waals surface area contributed by atoms with Crippen molar-refractivity contribution in [3.8, 4) is 0 Å². The molecule has 0 saturated carbocycles. The van der Waals surface area contributed by atoms with Crippen LogP contribution in [-0.2, 0) is 6.18 Å². The minimum atomic E-state index is -4.37. The standard InChI is InChI=1S/C10H6F3N.2ClH/c11-10(12,13)9-6-5-7-3-1-2-4-8(7)14-9;;/h1-6H;2*1H. The number of fused-ring (bicyclic) bond motifs is 1. The Morgan fingerprint density at radius 1 is 0.875 bits per heavy atom. The number of aromatic nitrogens is 1. The summed E-state index contributed by atoms with van der Waals surface area (Å²) in [7, 11) is 0. The SMILES string of the molecule is Cl.Cl.FC(F)(F)c1ccc2ccccc2n1. The molecule has 0 spiro atoms. The van der Waals surface area contributed by atoms with Crippen LogP contribution in [0.5, 0.6) is 0 Å². The molecule has 1 aromatic carbocycles. The first-order chi connectivity index (χ1) is 6.57. The fraction of sp³-hybridized carbons (Fsp3) is 0.100. The van der Waals surface area contributed by atoms with Crippen molar-refractivity contribution in [3.05, 3.63) is 42.1 Å². The predicted molar refractivity (Wildman–Crippen MR) is 61.2 cm³/mol. The normalized spacial score (nSPS) is 10.4. The Kier molecular flexibility index (Phi) is 5.03. The maximum absolute atomic E-state index is 12.3. The number of alkyl halides is 3. The van der Waals surface area contributed by atoms with Crippen molar-refractivity contribution in [2.24, 2.45) is 0 Å². The van der Waals surface area contributed by atoms with Gasteiger partial charge in [-0.3, -0.25) is 0 Å². The van der Waals surface area contributed by atoms with Crippen molar-refractivity contribution < 1.29 is 13.2 Å². The van der Waals surface area contributed by atoms with E-state index in [1.54, 1.807) is 24.3 Å². The van der Waals surface area contributed by atoms with Crippen LogP contribution in [0, 0.1) is 0 Å². The summed E-state index contributed by atoms with van der Waals surface area (Å²) < 4.78 is 36.8. The van der Waals surface area contributed by atoms with E-state index in [1.807, 2.05) is 0 Å². The van der Waals surface area contributed by atoms with Gasteiger partial charge >= 0.3 is 6.18 Å². The van der Waals surface area contributed by atoms with Crippen molar-refractivity contribution in [2.45, 2.75) is 6.18 Å². The second-order valence-corrected chi connectivity index (χ2v) is 2.89. The number of pyridine rings is 1. The van der Waals surface area contributed by atoms with E-state index in [0.717, 1.165) is 6.07 Å². The minimum absolute atomic E-state index is 0. The highest BCUT2D eigenvalue weighted by atomic mass is 35.5. The number of hydrogen-bond donors (Lipinski definition) is 0. The molecular formula is C10H8Cl2F3N. The van der Waals surface area contributed by atoms with Crippen LogP contribution in [0.4, 0.5) is 13.2 Å². The van der Waals surface area contributed by atoms with Gasteiger partial charge in [0.1, 0.15) is 5.69 Å². The van der Waals surface area contributed by atoms with E-state index < -0.39 is 11.9 Å². The summed E-state index contributed by atoms with van der Waals surface area (Å²) in [5.41, 5.74) is -0.487. The topological polar surface area (TPSA) is 12.9 Å². The third kappa shape index (κ3) is 3.00. The molecule has 0 saturated heterocycles. The van der Waals surface area contributed by atoms with Crippen LogP contribution in [0.2, 0.25) is 0 Å². The van der Waals surface area contributed by atoms with Crippen LogP contribution in [0.3, 0.4) is 0 Å². The quantitative estimate of drug-likeness (QED) is 0.702. The molecule has 0 unspecified atom stereocenters. The Morgan fingerprint density at radius 3 is 2.12 bits per heavy atom. The van der Waals surface area contributed by atoms with E-state index in [0.29, 0.717) is 10.9 Å². The summed E-state index contributed by atoms with van der Waals surface area (Å²) in [6, 6.07) is 9.12. The Hall–Kier alpha value is -1.00. The van der Waals surface area contributed by atoms with Crippen LogP contribution >= 0.6 is 24.8 Å². The molecule has 1 aromatic heterocycles. The molecule has 88 valence electrons. The lowest BCUT2D eigenvalue weighted by Gasteiger charge is -2.05. The lowest BCUT2D eigenvalue weighted by Crippen LogP contribution is -2.07. The summed E-state index contributed by atoms with van der Waals surface area (Å²) in [5.74, 6) is 0. The third-order valence-corrected chi connectivity index (χ3v) is 1.89. The van der Waals surface area contributed by atoms with Gasteiger partial charge in [0.2, 0.25) is 0 Å². The molecule has 0 amide bonds. The van der Waals surface area contributed by atoms with Gasteiger partial charge in [-0.2, -0.15) is 13.2 Å². The monoisotopic (exact) mass is 269 g/mol. The average molecular weight is 270 g/mol. The summed E-state index contributed by atoms with van der Waals surface area (Å²) in [6.07, 6.45) is -4.37. The second-order valence-electron chi connectivity index (χ2n) is 2.89. The molecule has 0 aliphatic carbocycles. The third-order valence-electron chi connectivity index (χ3n) is 1.89. The molecule has 6 heteroatoms. The molecule has 0 aliphatic heterocycles. The summed E-state index contributed by atoms with van der Waals surface area (Å²) in [4.78, 5) is 3.52. The van der Waals surface area contributed by atoms with Crippen molar-refractivity contribution in [1.82, 2.24) is 4.98 Å². The molecule has 0 N–H and O–H groups in total. The van der Waals surface area contributed by atoms with Gasteiger partial charge < -0.3 is 0 Å². The Labute approximate surface area is 103 Å². The molecule has 1 nitrogen and oxygen atoms in total. The maximum atomic E-state index is 12.3. The van der Waals surface area contributed by atoms with Crippen molar-refractivity contribution >= 4 is 35.7 Å². The van der Waals surface area contributed by atoms with Crippen LogP contribution < -0.4 is 0 Å². The fourth-order valence-electron chi connectivity index (χ4n) is 1.22. The van der Waals surface area contributed by atoms with Gasteiger partial charge in [-0.05, 0) is 12.1 Å². The smallest absolute Gasteiger partial charge is 0.243 e. The van der Waals surface area contributed by atoms with E-state index in [-0.39, 0.29) is 24.8 Å². The lowest BCUT2D eigenvalue weighted by molar-refractivity contribution is -0.140. The fourth-order valence-corrected chi connectivity index (χ4v) is 1.22. The average Bonchev–Trinajstić information content (AvgIpc) is 2.16. The molecule has 0 atom stereocenters. The number of hydrogen-bond acceptors (Lipinski definition) is 1. The first-order valence-electron chi connectivity index (χ1n) is 4.00. The first kappa shape index (κ1) is 15.0. The number of nitrogens with zero attached hydrogens (tertiary/aromatic N) is 1. The molecule has 0 bridgehead atoms. The van der Waals surface area contributed by atoms with E-state index in [2.05, 4.69) is 4.98 Å². The van der Waals surface area contributed by atoms with Gasteiger partial charge in [0, 0.05) is 5.39 Å². The highest BCUT2D eigenvalue weighted by Gasteiger charge is 2.32. The van der Waals surface area contributed by atoms with Crippen LogP contribution in [0.25, 0.3) is 10.9 Å². The van der Waals surface area contributed by atoms with Crippen LogP contribution in [0.1, 0.15) is 5.69 Å². The van der Waals surface area contributed by atoms with Crippen LogP contribution in [0.15, 0.2) is 36.4 Å². The molecule has 0 radical (unpaired) electrons.